The number of nitrogen functional groups attached to an aromatic ring is 1. The minimum Gasteiger partial charge on any atom is -0.454 e. The van der Waals surface area contributed by atoms with Crippen LogP contribution in [0.5, 0.6) is 11.5 Å². The highest BCUT2D eigenvalue weighted by atomic mass is 16.5. The molecule has 4 aromatic rings. The van der Waals surface area contributed by atoms with Gasteiger partial charge in [-0.05, 0) is 30.3 Å². The maximum absolute atomic E-state index is 11.8. The topological polar surface area (TPSA) is 87.1 Å². The average Bonchev–Trinajstić information content (AvgIpc) is 3.13. The van der Waals surface area contributed by atoms with Crippen LogP contribution in [0.4, 0.5) is 17.1 Å². The van der Waals surface area contributed by atoms with Crippen LogP contribution < -0.4 is 21.3 Å². The molecule has 0 saturated carbocycles. The Bertz CT molecular complexity index is 1210. The summed E-state index contributed by atoms with van der Waals surface area (Å²) in [6.45, 7) is 0. The summed E-state index contributed by atoms with van der Waals surface area (Å²) >= 11 is 0. The highest BCUT2D eigenvalue weighted by molar-refractivity contribution is 5.87. The van der Waals surface area contributed by atoms with Crippen molar-refractivity contribution in [1.29, 1.82) is 0 Å². The molecule has 0 spiro atoms. The van der Waals surface area contributed by atoms with Gasteiger partial charge >= 0.3 is 0 Å². The molecule has 146 valence electrons. The summed E-state index contributed by atoms with van der Waals surface area (Å²) in [5.41, 5.74) is 10.0. The highest BCUT2D eigenvalue weighted by Gasteiger charge is 2.16. The highest BCUT2D eigenvalue weighted by Crippen LogP contribution is 2.42. The number of anilines is 3. The zero-order valence-electron chi connectivity index (χ0n) is 16.2. The lowest BCUT2D eigenvalue weighted by Crippen LogP contribution is -2.14. The van der Waals surface area contributed by atoms with Crippen LogP contribution in [0.15, 0.2) is 78.0 Å². The Morgan fingerprint density at radius 2 is 1.79 bits per heavy atom. The van der Waals surface area contributed by atoms with Gasteiger partial charge in [-0.15, -0.1) is 0 Å². The van der Waals surface area contributed by atoms with Crippen molar-refractivity contribution in [2.75, 3.05) is 11.1 Å². The summed E-state index contributed by atoms with van der Waals surface area (Å²) in [5.74, 6) is 1.19. The predicted molar refractivity (Wildman–Crippen MR) is 115 cm³/mol. The van der Waals surface area contributed by atoms with Crippen molar-refractivity contribution in [3.8, 4) is 22.6 Å². The first-order valence-electron chi connectivity index (χ1n) is 9.09. The van der Waals surface area contributed by atoms with Gasteiger partial charge in [0.2, 0.25) is 5.56 Å². The van der Waals surface area contributed by atoms with E-state index >= 15 is 0 Å². The van der Waals surface area contributed by atoms with Gasteiger partial charge in [0.05, 0.1) is 23.3 Å². The standard InChI is InChI=1S/C22H21N5O2/c1-26-13-15(8-11-20(26)28)18-9-10-19(25-16-12-24-27(2)14-16)21(23)22(18)29-17-6-4-3-5-7-17/h3-14,25H,23H2,1-2H3. The molecule has 0 aliphatic carbocycles. The van der Waals surface area contributed by atoms with Crippen LogP contribution in [-0.2, 0) is 14.1 Å². The second-order valence-corrected chi connectivity index (χ2v) is 6.71. The van der Waals surface area contributed by atoms with Gasteiger partial charge in [-0.25, -0.2) is 0 Å². The molecule has 2 aromatic heterocycles. The summed E-state index contributed by atoms with van der Waals surface area (Å²) in [7, 11) is 3.56. The van der Waals surface area contributed by atoms with Gasteiger partial charge in [0.1, 0.15) is 5.75 Å². The number of hydrogen-bond acceptors (Lipinski definition) is 5. The molecule has 0 unspecified atom stereocenters. The Balaban J connectivity index is 1.82. The van der Waals surface area contributed by atoms with Gasteiger partial charge in [-0.3, -0.25) is 9.48 Å². The van der Waals surface area contributed by atoms with Crippen LogP contribution in [0, 0.1) is 0 Å². The fourth-order valence-electron chi connectivity index (χ4n) is 3.05. The van der Waals surface area contributed by atoms with Crippen molar-refractivity contribution in [3.63, 3.8) is 0 Å². The van der Waals surface area contributed by atoms with Crippen molar-refractivity contribution in [1.82, 2.24) is 14.3 Å². The molecular formula is C22H21N5O2. The molecule has 2 heterocycles. The SMILES string of the molecule is Cn1cc(Nc2ccc(-c3ccc(=O)n(C)c3)c(Oc3ccccc3)c2N)cn1. The van der Waals surface area contributed by atoms with E-state index in [0.29, 0.717) is 22.9 Å². The van der Waals surface area contributed by atoms with Crippen molar-refractivity contribution < 1.29 is 4.74 Å². The number of rotatable bonds is 5. The molecule has 0 amide bonds. The van der Waals surface area contributed by atoms with E-state index in [4.69, 9.17) is 10.5 Å². The van der Waals surface area contributed by atoms with Gasteiger partial charge in [0.25, 0.3) is 0 Å². The number of nitrogens with zero attached hydrogens (tertiary/aromatic N) is 3. The van der Waals surface area contributed by atoms with Crippen molar-refractivity contribution in [2.24, 2.45) is 14.1 Å². The minimum absolute atomic E-state index is 0.0814. The quantitative estimate of drug-likeness (QED) is 0.507. The van der Waals surface area contributed by atoms with Crippen LogP contribution in [0.1, 0.15) is 0 Å². The smallest absolute Gasteiger partial charge is 0.250 e. The maximum Gasteiger partial charge on any atom is 0.250 e. The molecule has 7 nitrogen and oxygen atoms in total. The molecule has 4 rings (SSSR count). The van der Waals surface area contributed by atoms with Crippen LogP contribution in [0.2, 0.25) is 0 Å². The third-order valence-corrected chi connectivity index (χ3v) is 4.54. The molecule has 0 fully saturated rings. The summed E-state index contributed by atoms with van der Waals surface area (Å²) in [5, 5.41) is 7.44. The molecule has 3 N–H and O–H groups in total. The van der Waals surface area contributed by atoms with Crippen molar-refractivity contribution in [2.45, 2.75) is 0 Å². The monoisotopic (exact) mass is 387 g/mol. The Kier molecular flexibility index (Phi) is 4.78. The minimum atomic E-state index is -0.0814. The molecule has 0 aliphatic heterocycles. The molecule has 0 atom stereocenters. The van der Waals surface area contributed by atoms with Crippen molar-refractivity contribution in [3.05, 3.63) is 83.5 Å². The lowest BCUT2D eigenvalue weighted by atomic mass is 10.0. The number of para-hydroxylation sites is 1. The lowest BCUT2D eigenvalue weighted by Gasteiger charge is -2.17. The second-order valence-electron chi connectivity index (χ2n) is 6.71. The second kappa shape index (κ2) is 7.55. The van der Waals surface area contributed by atoms with Crippen molar-refractivity contribution >= 4 is 17.1 Å². The normalized spacial score (nSPS) is 10.7. The third-order valence-electron chi connectivity index (χ3n) is 4.54. The predicted octanol–water partition coefficient (Wildman–Crippen LogP) is 3.90. The van der Waals surface area contributed by atoms with Gasteiger partial charge in [-0.1, -0.05) is 18.2 Å². The molecule has 0 radical (unpaired) electrons. The summed E-state index contributed by atoms with van der Waals surface area (Å²) in [6.07, 6.45) is 5.35. The number of ether oxygens (including phenoxy) is 1. The average molecular weight is 387 g/mol. The lowest BCUT2D eigenvalue weighted by molar-refractivity contribution is 0.487. The number of aromatic nitrogens is 3. The third kappa shape index (κ3) is 3.84. The zero-order valence-corrected chi connectivity index (χ0v) is 16.2. The molecule has 2 aromatic carbocycles. The van der Waals surface area contributed by atoms with E-state index in [9.17, 15) is 4.79 Å². The van der Waals surface area contributed by atoms with Crippen LogP contribution in [-0.4, -0.2) is 14.3 Å². The van der Waals surface area contributed by atoms with E-state index in [1.807, 2.05) is 55.7 Å². The largest absolute Gasteiger partial charge is 0.454 e. The molecule has 0 saturated heterocycles. The number of pyridine rings is 1. The van der Waals surface area contributed by atoms with E-state index in [1.54, 1.807) is 30.2 Å². The van der Waals surface area contributed by atoms with E-state index in [0.717, 1.165) is 16.8 Å². The molecule has 0 bridgehead atoms. The Hall–Kier alpha value is -4.00. The fourth-order valence-corrected chi connectivity index (χ4v) is 3.05. The molecule has 0 aliphatic rings. The maximum atomic E-state index is 11.8. The first kappa shape index (κ1) is 18.4. The Morgan fingerprint density at radius 3 is 2.48 bits per heavy atom. The van der Waals surface area contributed by atoms with Crippen LogP contribution in [0.25, 0.3) is 11.1 Å². The number of aryl methyl sites for hydroxylation is 2. The molecule has 7 heteroatoms. The van der Waals surface area contributed by atoms with Gasteiger partial charge in [-0.2, -0.15) is 5.10 Å². The molecular weight excluding hydrogens is 366 g/mol. The summed E-state index contributed by atoms with van der Waals surface area (Å²) in [6, 6.07) is 16.6. The molecule has 29 heavy (non-hydrogen) atoms. The van der Waals surface area contributed by atoms with E-state index in [2.05, 4.69) is 10.4 Å². The Labute approximate surface area is 168 Å². The first-order valence-corrected chi connectivity index (χ1v) is 9.09. The number of hydrogen-bond donors (Lipinski definition) is 2. The van der Waals surface area contributed by atoms with Crippen LogP contribution >= 0.6 is 0 Å². The van der Waals surface area contributed by atoms with E-state index in [1.165, 1.54) is 10.6 Å². The van der Waals surface area contributed by atoms with E-state index in [-0.39, 0.29) is 5.56 Å². The number of nitrogens with one attached hydrogen (secondary N) is 1. The zero-order chi connectivity index (χ0) is 20.4. The van der Waals surface area contributed by atoms with Gasteiger partial charge < -0.3 is 20.4 Å². The van der Waals surface area contributed by atoms with Gasteiger partial charge in [0, 0.05) is 43.7 Å². The first-order chi connectivity index (χ1) is 14.0. The number of nitrogens with two attached hydrogens (primary N) is 1. The van der Waals surface area contributed by atoms with E-state index < -0.39 is 0 Å². The summed E-state index contributed by atoms with van der Waals surface area (Å²) < 4.78 is 9.41. The number of benzene rings is 2. The summed E-state index contributed by atoms with van der Waals surface area (Å²) in [4.78, 5) is 11.8. The van der Waals surface area contributed by atoms with Gasteiger partial charge in [0.15, 0.2) is 5.75 Å². The van der Waals surface area contributed by atoms with Crippen LogP contribution in [0.3, 0.4) is 0 Å². The fraction of sp³-hybridized carbons (Fsp3) is 0.0909. The Morgan fingerprint density at radius 1 is 1.00 bits per heavy atom.